The number of sulfonamides is 1. The zero-order chi connectivity index (χ0) is 12.4. The molecule has 0 bridgehead atoms. The van der Waals surface area contributed by atoms with Crippen LogP contribution < -0.4 is 4.72 Å². The molecule has 0 unspecified atom stereocenters. The molecule has 5 nitrogen and oxygen atoms in total. The molecular weight excluding hydrogens is 274 g/mol. The van der Waals surface area contributed by atoms with Crippen molar-refractivity contribution in [1.29, 1.82) is 0 Å². The summed E-state index contributed by atoms with van der Waals surface area (Å²) in [5, 5.41) is 0. The van der Waals surface area contributed by atoms with Crippen molar-refractivity contribution in [3.05, 3.63) is 29.8 Å². The fourth-order valence-electron chi connectivity index (χ4n) is 1.08. The Balaban J connectivity index is 2.84. The molecule has 90 valence electrons. The van der Waals surface area contributed by atoms with Gasteiger partial charge in [-0.25, -0.2) is 16.8 Å². The van der Waals surface area contributed by atoms with E-state index in [2.05, 4.69) is 4.72 Å². The van der Waals surface area contributed by atoms with E-state index in [1.165, 1.54) is 24.3 Å². The second-order valence-electron chi connectivity index (χ2n) is 3.25. The first-order valence-corrected chi connectivity index (χ1v) is 8.52. The average Bonchev–Trinajstić information content (AvgIpc) is 2.03. The van der Waals surface area contributed by atoms with Crippen molar-refractivity contribution in [2.75, 3.05) is 11.0 Å². The number of halogens is 1. The fourth-order valence-corrected chi connectivity index (χ4v) is 2.61. The largest absolute Gasteiger partial charge is 0.284 e. The molecule has 1 aromatic rings. The van der Waals surface area contributed by atoms with E-state index < -0.39 is 19.1 Å². The van der Waals surface area contributed by atoms with Gasteiger partial charge in [-0.1, -0.05) is 12.1 Å². The standard InChI is InChI=1S/C8H10ClNO4S2/c1-15(11,12)10-8-4-2-7(3-5-8)6-16(9,13)14/h2-5,10H,6H2,1H3. The van der Waals surface area contributed by atoms with Gasteiger partial charge in [0.15, 0.2) is 0 Å². The molecule has 0 aliphatic carbocycles. The maximum absolute atomic E-state index is 10.9. The van der Waals surface area contributed by atoms with Crippen molar-refractivity contribution in [2.24, 2.45) is 0 Å². The number of hydrogen-bond acceptors (Lipinski definition) is 4. The minimum atomic E-state index is -3.59. The van der Waals surface area contributed by atoms with Crippen LogP contribution in [0.25, 0.3) is 0 Å². The van der Waals surface area contributed by atoms with E-state index in [9.17, 15) is 16.8 Å². The number of hydrogen-bond donors (Lipinski definition) is 1. The molecule has 0 amide bonds. The van der Waals surface area contributed by atoms with Gasteiger partial charge in [0.2, 0.25) is 19.1 Å². The molecular formula is C8H10ClNO4S2. The van der Waals surface area contributed by atoms with Crippen LogP contribution in [0, 0.1) is 0 Å². The molecule has 0 saturated carbocycles. The smallest absolute Gasteiger partial charge is 0.236 e. The number of benzene rings is 1. The Labute approximate surface area is 98.9 Å². The minimum Gasteiger partial charge on any atom is -0.284 e. The SMILES string of the molecule is CS(=O)(=O)Nc1ccc(CS(=O)(=O)Cl)cc1. The summed E-state index contributed by atoms with van der Waals surface area (Å²) in [5.41, 5.74) is 0.868. The predicted molar refractivity (Wildman–Crippen MR) is 63.4 cm³/mol. The maximum Gasteiger partial charge on any atom is 0.236 e. The van der Waals surface area contributed by atoms with Crippen molar-refractivity contribution in [3.63, 3.8) is 0 Å². The van der Waals surface area contributed by atoms with Crippen LogP contribution in [-0.2, 0) is 24.8 Å². The molecule has 0 radical (unpaired) electrons. The molecule has 8 heteroatoms. The van der Waals surface area contributed by atoms with Gasteiger partial charge in [0.1, 0.15) is 0 Å². The summed E-state index contributed by atoms with van der Waals surface area (Å²) < 4.78 is 45.6. The van der Waals surface area contributed by atoms with E-state index in [1.54, 1.807) is 0 Å². The quantitative estimate of drug-likeness (QED) is 0.840. The summed E-state index contributed by atoms with van der Waals surface area (Å²) in [4.78, 5) is 0. The van der Waals surface area contributed by atoms with Crippen LogP contribution in [0.5, 0.6) is 0 Å². The van der Waals surface area contributed by atoms with Crippen molar-refractivity contribution < 1.29 is 16.8 Å². The average molecular weight is 284 g/mol. The summed E-state index contributed by atoms with van der Waals surface area (Å²) in [6.07, 6.45) is 1.03. The molecule has 1 aromatic carbocycles. The minimum absolute atomic E-state index is 0.284. The third kappa shape index (κ3) is 5.34. The van der Waals surface area contributed by atoms with E-state index in [4.69, 9.17) is 10.7 Å². The van der Waals surface area contributed by atoms with E-state index in [-0.39, 0.29) is 5.75 Å². The van der Waals surface area contributed by atoms with Gasteiger partial charge < -0.3 is 0 Å². The van der Waals surface area contributed by atoms with Crippen LogP contribution in [-0.4, -0.2) is 23.1 Å². The summed E-state index contributed by atoms with van der Waals surface area (Å²) in [5.74, 6) is -0.284. The van der Waals surface area contributed by atoms with Crippen LogP contribution in [0.1, 0.15) is 5.56 Å². The van der Waals surface area contributed by atoms with Crippen LogP contribution in [0.4, 0.5) is 5.69 Å². The third-order valence-electron chi connectivity index (χ3n) is 1.60. The monoisotopic (exact) mass is 283 g/mol. The Morgan fingerprint density at radius 2 is 1.62 bits per heavy atom. The lowest BCUT2D eigenvalue weighted by Crippen LogP contribution is -2.09. The molecule has 1 rings (SSSR count). The van der Waals surface area contributed by atoms with Crippen molar-refractivity contribution in [2.45, 2.75) is 5.75 Å². The Morgan fingerprint density at radius 3 is 2.00 bits per heavy atom. The number of nitrogens with one attached hydrogen (secondary N) is 1. The van der Waals surface area contributed by atoms with Gasteiger partial charge in [-0.2, -0.15) is 0 Å². The van der Waals surface area contributed by atoms with Crippen LogP contribution in [0.3, 0.4) is 0 Å². The van der Waals surface area contributed by atoms with E-state index in [0.717, 1.165) is 6.26 Å². The Hall–Kier alpha value is -0.790. The highest BCUT2D eigenvalue weighted by Crippen LogP contribution is 2.14. The number of anilines is 1. The zero-order valence-corrected chi connectivity index (χ0v) is 10.7. The van der Waals surface area contributed by atoms with E-state index >= 15 is 0 Å². The van der Waals surface area contributed by atoms with Gasteiger partial charge in [-0.3, -0.25) is 4.72 Å². The van der Waals surface area contributed by atoms with E-state index in [0.29, 0.717) is 11.3 Å². The normalized spacial score (nSPS) is 12.4. The van der Waals surface area contributed by atoms with Gasteiger partial charge in [0, 0.05) is 16.4 Å². The van der Waals surface area contributed by atoms with Crippen molar-refractivity contribution in [1.82, 2.24) is 0 Å². The fraction of sp³-hybridized carbons (Fsp3) is 0.250. The Kier molecular flexibility index (Phi) is 3.82. The van der Waals surface area contributed by atoms with Crippen LogP contribution in [0.2, 0.25) is 0 Å². The molecule has 0 aromatic heterocycles. The van der Waals surface area contributed by atoms with Crippen molar-refractivity contribution in [3.8, 4) is 0 Å². The molecule has 0 aliphatic rings. The van der Waals surface area contributed by atoms with Gasteiger partial charge in [-0.05, 0) is 17.7 Å². The molecule has 0 saturated heterocycles. The predicted octanol–water partition coefficient (Wildman–Crippen LogP) is 1.13. The zero-order valence-electron chi connectivity index (χ0n) is 8.34. The highest BCUT2D eigenvalue weighted by atomic mass is 35.7. The summed E-state index contributed by atoms with van der Waals surface area (Å²) in [6, 6.07) is 5.93. The first kappa shape index (κ1) is 13.3. The third-order valence-corrected chi connectivity index (χ3v) is 3.21. The highest BCUT2D eigenvalue weighted by Gasteiger charge is 2.07. The van der Waals surface area contributed by atoms with Crippen molar-refractivity contribution >= 4 is 35.4 Å². The first-order chi connectivity index (χ1) is 7.16. The topological polar surface area (TPSA) is 80.3 Å². The van der Waals surface area contributed by atoms with Gasteiger partial charge in [-0.15, -0.1) is 0 Å². The highest BCUT2D eigenvalue weighted by molar-refractivity contribution is 8.13. The first-order valence-electron chi connectivity index (χ1n) is 4.15. The number of rotatable bonds is 4. The molecule has 1 N–H and O–H groups in total. The molecule has 0 fully saturated rings. The van der Waals surface area contributed by atoms with Gasteiger partial charge in [0.25, 0.3) is 0 Å². The maximum atomic E-state index is 10.9. The molecule has 0 heterocycles. The lowest BCUT2D eigenvalue weighted by molar-refractivity contribution is 0.605. The second kappa shape index (κ2) is 4.60. The lowest BCUT2D eigenvalue weighted by atomic mass is 10.2. The summed E-state index contributed by atoms with van der Waals surface area (Å²) in [7, 11) is -1.84. The molecule has 16 heavy (non-hydrogen) atoms. The molecule has 0 spiro atoms. The van der Waals surface area contributed by atoms with Crippen LogP contribution >= 0.6 is 10.7 Å². The Morgan fingerprint density at radius 1 is 1.12 bits per heavy atom. The Bertz CT molecular complexity index is 510. The lowest BCUT2D eigenvalue weighted by Gasteiger charge is -2.04. The van der Waals surface area contributed by atoms with Crippen LogP contribution in [0.15, 0.2) is 24.3 Å². The summed E-state index contributed by atoms with van der Waals surface area (Å²) in [6.45, 7) is 0. The molecule has 0 atom stereocenters. The van der Waals surface area contributed by atoms with Gasteiger partial charge in [0.05, 0.1) is 12.0 Å². The van der Waals surface area contributed by atoms with E-state index in [1.807, 2.05) is 0 Å². The molecule has 0 aliphatic heterocycles. The second-order valence-corrected chi connectivity index (χ2v) is 7.78. The summed E-state index contributed by atoms with van der Waals surface area (Å²) >= 11 is 0. The van der Waals surface area contributed by atoms with Gasteiger partial charge >= 0.3 is 0 Å².